The molecule has 0 radical (unpaired) electrons. The number of sulfone groups is 1. The Kier molecular flexibility index (Phi) is 2.99. The number of rotatable bonds is 2. The van der Waals surface area contributed by atoms with Gasteiger partial charge in [-0.1, -0.05) is 19.3 Å². The second kappa shape index (κ2) is 4.02. The normalized spacial score (nSPS) is 35.0. The zero-order valence-electron chi connectivity index (χ0n) is 9.31. The molecule has 92 valence electrons. The van der Waals surface area contributed by atoms with Crippen molar-refractivity contribution in [3.63, 3.8) is 0 Å². The van der Waals surface area contributed by atoms with Gasteiger partial charge in [-0.25, -0.2) is 8.42 Å². The van der Waals surface area contributed by atoms with Crippen LogP contribution in [0, 0.1) is 11.3 Å². The third-order valence-electron chi connectivity index (χ3n) is 4.15. The van der Waals surface area contributed by atoms with Gasteiger partial charge in [0.2, 0.25) is 0 Å². The minimum absolute atomic E-state index is 0.0514. The third-order valence-corrected chi connectivity index (χ3v) is 5.93. The predicted molar refractivity (Wildman–Crippen MR) is 59.9 cm³/mol. The van der Waals surface area contributed by atoms with Gasteiger partial charge in [0.1, 0.15) is 0 Å². The van der Waals surface area contributed by atoms with E-state index in [1.165, 1.54) is 0 Å². The maximum absolute atomic E-state index is 11.5. The molecule has 1 atom stereocenters. The highest BCUT2D eigenvalue weighted by Gasteiger charge is 2.53. The van der Waals surface area contributed by atoms with Crippen molar-refractivity contribution in [2.75, 3.05) is 11.5 Å². The molecule has 2 fully saturated rings. The number of hydrogen-bond donors (Lipinski definition) is 1. The fourth-order valence-electron chi connectivity index (χ4n) is 3.19. The van der Waals surface area contributed by atoms with Crippen molar-refractivity contribution in [2.45, 2.75) is 38.5 Å². The van der Waals surface area contributed by atoms with E-state index in [0.717, 1.165) is 32.1 Å². The van der Waals surface area contributed by atoms with E-state index in [1.54, 1.807) is 0 Å². The molecule has 1 N–H and O–H groups in total. The zero-order chi connectivity index (χ0) is 11.8. The first-order chi connectivity index (χ1) is 7.46. The summed E-state index contributed by atoms with van der Waals surface area (Å²) in [6, 6.07) is 0. The third kappa shape index (κ3) is 1.97. The van der Waals surface area contributed by atoms with E-state index >= 15 is 0 Å². The Morgan fingerprint density at radius 3 is 2.25 bits per heavy atom. The van der Waals surface area contributed by atoms with Gasteiger partial charge in [0.25, 0.3) is 0 Å². The molecule has 1 saturated carbocycles. The number of hydrogen-bond acceptors (Lipinski definition) is 3. The second-order valence-electron chi connectivity index (χ2n) is 5.14. The summed E-state index contributed by atoms with van der Waals surface area (Å²) >= 11 is 0. The van der Waals surface area contributed by atoms with Crippen molar-refractivity contribution in [2.24, 2.45) is 11.3 Å². The van der Waals surface area contributed by atoms with E-state index in [4.69, 9.17) is 0 Å². The van der Waals surface area contributed by atoms with Crippen molar-refractivity contribution in [1.29, 1.82) is 0 Å². The van der Waals surface area contributed by atoms with Crippen LogP contribution in [0.1, 0.15) is 38.5 Å². The first kappa shape index (κ1) is 11.9. The number of carbonyl (C=O) groups is 1. The van der Waals surface area contributed by atoms with Crippen LogP contribution in [0.25, 0.3) is 0 Å². The standard InChI is InChI=1S/C11H18O4S/c12-10(13)11(6-7-16(14,15)8-11)9-4-2-1-3-5-9/h9H,1-8H2,(H,12,13). The zero-order valence-corrected chi connectivity index (χ0v) is 10.1. The van der Waals surface area contributed by atoms with Gasteiger partial charge in [0, 0.05) is 0 Å². The predicted octanol–water partition coefficient (Wildman–Crippen LogP) is 1.46. The van der Waals surface area contributed by atoms with Crippen molar-refractivity contribution in [3.05, 3.63) is 0 Å². The minimum Gasteiger partial charge on any atom is -0.481 e. The summed E-state index contributed by atoms with van der Waals surface area (Å²) in [4.78, 5) is 11.4. The van der Waals surface area contributed by atoms with Gasteiger partial charge in [-0.2, -0.15) is 0 Å². The molecule has 1 saturated heterocycles. The smallest absolute Gasteiger partial charge is 0.310 e. The maximum Gasteiger partial charge on any atom is 0.310 e. The van der Waals surface area contributed by atoms with Crippen LogP contribution < -0.4 is 0 Å². The highest BCUT2D eigenvalue weighted by molar-refractivity contribution is 7.91. The van der Waals surface area contributed by atoms with Crippen molar-refractivity contribution < 1.29 is 18.3 Å². The Hall–Kier alpha value is -0.580. The minimum atomic E-state index is -3.13. The lowest BCUT2D eigenvalue weighted by atomic mass is 9.68. The lowest BCUT2D eigenvalue weighted by Crippen LogP contribution is -2.40. The van der Waals surface area contributed by atoms with Gasteiger partial charge in [-0.15, -0.1) is 0 Å². The van der Waals surface area contributed by atoms with E-state index in [-0.39, 0.29) is 17.4 Å². The summed E-state index contributed by atoms with van der Waals surface area (Å²) in [5.74, 6) is -0.924. The maximum atomic E-state index is 11.5. The van der Waals surface area contributed by atoms with Crippen LogP contribution in [0.15, 0.2) is 0 Å². The number of aliphatic carboxylic acids is 1. The lowest BCUT2D eigenvalue weighted by molar-refractivity contribution is -0.151. The molecule has 0 aromatic rings. The summed E-state index contributed by atoms with van der Waals surface area (Å²) in [6.45, 7) is 0. The summed E-state index contributed by atoms with van der Waals surface area (Å²) < 4.78 is 23.1. The lowest BCUT2D eigenvalue weighted by Gasteiger charge is -2.35. The molecule has 1 unspecified atom stereocenters. The molecule has 0 spiro atoms. The van der Waals surface area contributed by atoms with Gasteiger partial charge < -0.3 is 5.11 Å². The molecule has 1 aliphatic heterocycles. The monoisotopic (exact) mass is 246 g/mol. The SMILES string of the molecule is O=C(O)C1(C2CCCCC2)CCS(=O)(=O)C1. The molecule has 2 aliphatic rings. The number of carboxylic acids is 1. The van der Waals surface area contributed by atoms with Crippen LogP contribution in [0.2, 0.25) is 0 Å². The van der Waals surface area contributed by atoms with Crippen LogP contribution in [0.3, 0.4) is 0 Å². The van der Waals surface area contributed by atoms with Crippen LogP contribution in [0.4, 0.5) is 0 Å². The summed E-state index contributed by atoms with van der Waals surface area (Å²) in [5.41, 5.74) is -0.973. The van der Waals surface area contributed by atoms with E-state index < -0.39 is 21.2 Å². The van der Waals surface area contributed by atoms with Crippen molar-refractivity contribution >= 4 is 15.8 Å². The molecule has 1 heterocycles. The van der Waals surface area contributed by atoms with Crippen molar-refractivity contribution in [3.8, 4) is 0 Å². The Morgan fingerprint density at radius 1 is 1.19 bits per heavy atom. The fraction of sp³-hybridized carbons (Fsp3) is 0.909. The molecule has 1 aliphatic carbocycles. The molecule has 5 heteroatoms. The van der Waals surface area contributed by atoms with E-state index in [2.05, 4.69) is 0 Å². The Labute approximate surface area is 96.0 Å². The van der Waals surface area contributed by atoms with Gasteiger partial charge in [-0.05, 0) is 25.2 Å². The first-order valence-electron chi connectivity index (χ1n) is 5.90. The van der Waals surface area contributed by atoms with Gasteiger partial charge in [-0.3, -0.25) is 4.79 Å². The Morgan fingerprint density at radius 2 is 1.81 bits per heavy atom. The summed E-state index contributed by atoms with van der Waals surface area (Å²) in [7, 11) is -3.13. The van der Waals surface area contributed by atoms with E-state index in [1.807, 2.05) is 0 Å². The van der Waals surface area contributed by atoms with Gasteiger partial charge in [0.15, 0.2) is 9.84 Å². The summed E-state index contributed by atoms with van der Waals surface area (Å²) in [6.07, 6.45) is 5.30. The molecule has 0 aromatic carbocycles. The van der Waals surface area contributed by atoms with E-state index in [0.29, 0.717) is 6.42 Å². The van der Waals surface area contributed by atoms with E-state index in [9.17, 15) is 18.3 Å². The van der Waals surface area contributed by atoms with Crippen LogP contribution in [0.5, 0.6) is 0 Å². The average molecular weight is 246 g/mol. The first-order valence-corrected chi connectivity index (χ1v) is 7.72. The fourth-order valence-corrected chi connectivity index (χ4v) is 5.30. The molecule has 4 nitrogen and oxygen atoms in total. The molecule has 2 rings (SSSR count). The largest absolute Gasteiger partial charge is 0.481 e. The van der Waals surface area contributed by atoms with Gasteiger partial charge >= 0.3 is 5.97 Å². The Balaban J connectivity index is 2.26. The highest BCUT2D eigenvalue weighted by Crippen LogP contribution is 2.46. The molecule has 0 amide bonds. The molecule has 0 aromatic heterocycles. The molecule has 16 heavy (non-hydrogen) atoms. The topological polar surface area (TPSA) is 71.4 Å². The van der Waals surface area contributed by atoms with Gasteiger partial charge in [0.05, 0.1) is 16.9 Å². The second-order valence-corrected chi connectivity index (χ2v) is 7.32. The van der Waals surface area contributed by atoms with Crippen LogP contribution in [-0.2, 0) is 14.6 Å². The summed E-state index contributed by atoms with van der Waals surface area (Å²) in [5, 5.41) is 9.38. The quantitative estimate of drug-likeness (QED) is 0.800. The highest BCUT2D eigenvalue weighted by atomic mass is 32.2. The Bertz CT molecular complexity index is 381. The van der Waals surface area contributed by atoms with Crippen LogP contribution in [-0.4, -0.2) is 31.0 Å². The average Bonchev–Trinajstić information content (AvgIpc) is 2.57. The van der Waals surface area contributed by atoms with Crippen LogP contribution >= 0.6 is 0 Å². The molecular formula is C11H18O4S. The number of carboxylic acid groups (broad SMARTS) is 1. The van der Waals surface area contributed by atoms with Crippen molar-refractivity contribution in [1.82, 2.24) is 0 Å². The molecule has 0 bridgehead atoms. The molecular weight excluding hydrogens is 228 g/mol.